The third-order valence-electron chi connectivity index (χ3n) is 3.33. The van der Waals surface area contributed by atoms with E-state index < -0.39 is 0 Å². The summed E-state index contributed by atoms with van der Waals surface area (Å²) in [6, 6.07) is 17.9. The zero-order valence-electron chi connectivity index (χ0n) is 10.7. The van der Waals surface area contributed by atoms with Gasteiger partial charge in [0.25, 0.3) is 0 Å². The summed E-state index contributed by atoms with van der Waals surface area (Å²) in [5.74, 6) is 0.781. The number of para-hydroxylation sites is 1. The third kappa shape index (κ3) is 1.73. The Morgan fingerprint density at radius 1 is 0.950 bits per heavy atom. The van der Waals surface area contributed by atoms with Crippen molar-refractivity contribution in [1.82, 2.24) is 4.98 Å². The van der Waals surface area contributed by atoms with Gasteiger partial charge in [0.1, 0.15) is 5.52 Å². The first-order chi connectivity index (χ1) is 9.92. The predicted octanol–water partition coefficient (Wildman–Crippen LogP) is 4.01. The number of fused-ring (bicyclic) bond motifs is 3. The highest BCUT2D eigenvalue weighted by atomic mass is 16.5. The van der Waals surface area contributed by atoms with Gasteiger partial charge in [-0.15, -0.1) is 0 Å². The van der Waals surface area contributed by atoms with E-state index in [0.29, 0.717) is 6.73 Å². The van der Waals surface area contributed by atoms with Gasteiger partial charge in [-0.3, -0.25) is 4.98 Å². The average molecular weight is 262 g/mol. The Labute approximate surface area is 116 Å². The van der Waals surface area contributed by atoms with Crippen LogP contribution in [0.4, 0.5) is 11.4 Å². The number of nitrogens with zero attached hydrogens (tertiary/aromatic N) is 3. The molecule has 0 amide bonds. The summed E-state index contributed by atoms with van der Waals surface area (Å²) >= 11 is 0. The molecule has 4 rings (SSSR count). The Bertz CT molecular complexity index is 812. The van der Waals surface area contributed by atoms with Gasteiger partial charge in [-0.05, 0) is 22.9 Å². The Balaban J connectivity index is 1.93. The minimum Gasteiger partial charge on any atom is -0.431 e. The van der Waals surface area contributed by atoms with Crippen LogP contribution in [0.25, 0.3) is 10.9 Å². The molecule has 0 aliphatic carbocycles. The molecule has 0 fully saturated rings. The van der Waals surface area contributed by atoms with Crippen LogP contribution in [-0.2, 0) is 0 Å². The number of hydrogen-bond acceptors (Lipinski definition) is 3. The summed E-state index contributed by atoms with van der Waals surface area (Å²) in [4.78, 5) is 4.42. The monoisotopic (exact) mass is 262 g/mol. The molecule has 0 bridgehead atoms. The van der Waals surface area contributed by atoms with Gasteiger partial charge in [-0.2, -0.15) is 0 Å². The van der Waals surface area contributed by atoms with Gasteiger partial charge < -0.3 is 4.74 Å². The molecule has 1 aromatic heterocycles. The SMILES string of the molecule is c1ccc([N+]2=Nc3c(ccc4cccnc34)OC2)cc1. The third-order valence-corrected chi connectivity index (χ3v) is 3.33. The van der Waals surface area contributed by atoms with Crippen LogP contribution in [0.1, 0.15) is 0 Å². The zero-order valence-corrected chi connectivity index (χ0v) is 10.7. The van der Waals surface area contributed by atoms with Gasteiger partial charge in [0.05, 0.1) is 0 Å². The summed E-state index contributed by atoms with van der Waals surface area (Å²) in [5, 5.41) is 5.75. The van der Waals surface area contributed by atoms with Crippen LogP contribution in [0.5, 0.6) is 5.75 Å². The molecule has 1 aliphatic heterocycles. The van der Waals surface area contributed by atoms with Gasteiger partial charge in [0.15, 0.2) is 11.4 Å². The second-order valence-electron chi connectivity index (χ2n) is 4.60. The lowest BCUT2D eigenvalue weighted by atomic mass is 10.2. The molecule has 2 heterocycles. The molecule has 2 aromatic carbocycles. The molecule has 0 radical (unpaired) electrons. The molecule has 4 nitrogen and oxygen atoms in total. The van der Waals surface area contributed by atoms with E-state index in [0.717, 1.165) is 28.0 Å². The molecular formula is C16H12N3O+. The highest BCUT2D eigenvalue weighted by molar-refractivity contribution is 5.91. The van der Waals surface area contributed by atoms with Gasteiger partial charge in [-0.25, -0.2) is 0 Å². The molecular weight excluding hydrogens is 250 g/mol. The van der Waals surface area contributed by atoms with Crippen molar-refractivity contribution in [3.05, 3.63) is 60.8 Å². The van der Waals surface area contributed by atoms with Crippen molar-refractivity contribution in [3.8, 4) is 5.75 Å². The van der Waals surface area contributed by atoms with E-state index in [1.165, 1.54) is 0 Å². The number of ether oxygens (including phenoxy) is 1. The molecule has 0 N–H and O–H groups in total. The van der Waals surface area contributed by atoms with Crippen molar-refractivity contribution in [2.45, 2.75) is 0 Å². The zero-order chi connectivity index (χ0) is 13.4. The van der Waals surface area contributed by atoms with Crippen LogP contribution in [-0.4, -0.2) is 16.4 Å². The number of benzene rings is 2. The minimum absolute atomic E-state index is 0.412. The maximum Gasteiger partial charge on any atom is 0.317 e. The molecule has 1 aliphatic rings. The van der Waals surface area contributed by atoms with Crippen molar-refractivity contribution < 1.29 is 9.43 Å². The number of aromatic nitrogens is 1. The fourth-order valence-electron chi connectivity index (χ4n) is 2.34. The first-order valence-corrected chi connectivity index (χ1v) is 6.46. The summed E-state index contributed by atoms with van der Waals surface area (Å²) in [7, 11) is 0. The molecule has 0 atom stereocenters. The number of hydrogen-bond donors (Lipinski definition) is 0. The number of rotatable bonds is 1. The van der Waals surface area contributed by atoms with Crippen molar-refractivity contribution in [2.24, 2.45) is 5.11 Å². The smallest absolute Gasteiger partial charge is 0.317 e. The van der Waals surface area contributed by atoms with E-state index in [-0.39, 0.29) is 0 Å². The number of pyridine rings is 1. The van der Waals surface area contributed by atoms with Crippen molar-refractivity contribution >= 4 is 22.3 Å². The van der Waals surface area contributed by atoms with E-state index in [4.69, 9.17) is 4.74 Å². The second-order valence-corrected chi connectivity index (χ2v) is 4.60. The Kier molecular flexibility index (Phi) is 2.45. The van der Waals surface area contributed by atoms with Gasteiger partial charge >= 0.3 is 6.73 Å². The molecule has 96 valence electrons. The first-order valence-electron chi connectivity index (χ1n) is 6.46. The molecule has 0 spiro atoms. The van der Waals surface area contributed by atoms with Gasteiger partial charge in [-0.1, -0.05) is 24.3 Å². The van der Waals surface area contributed by atoms with Crippen LogP contribution in [0.15, 0.2) is 65.9 Å². The molecule has 0 unspecified atom stereocenters. The van der Waals surface area contributed by atoms with Crippen LogP contribution in [0.2, 0.25) is 0 Å². The van der Waals surface area contributed by atoms with E-state index in [9.17, 15) is 0 Å². The van der Waals surface area contributed by atoms with Crippen molar-refractivity contribution in [3.63, 3.8) is 0 Å². The van der Waals surface area contributed by atoms with Crippen LogP contribution < -0.4 is 4.74 Å². The quantitative estimate of drug-likeness (QED) is 0.621. The maximum atomic E-state index is 5.79. The normalized spacial score (nSPS) is 13.5. The standard InChI is InChI=1S/C16H12N3O/c1-2-6-13(7-3-1)19-11-20-14-9-8-12-5-4-10-17-15(12)16(14)18-19/h1-10H,11H2/q+1. The Hall–Kier alpha value is -2.75. The lowest BCUT2D eigenvalue weighted by molar-refractivity contribution is -0.544. The van der Waals surface area contributed by atoms with E-state index in [1.54, 1.807) is 6.20 Å². The molecule has 20 heavy (non-hydrogen) atoms. The Morgan fingerprint density at radius 2 is 1.85 bits per heavy atom. The summed E-state index contributed by atoms with van der Waals surface area (Å²) in [5.41, 5.74) is 2.66. The lowest BCUT2D eigenvalue weighted by Crippen LogP contribution is -2.15. The highest BCUT2D eigenvalue weighted by Gasteiger charge is 2.23. The van der Waals surface area contributed by atoms with E-state index >= 15 is 0 Å². The number of azo groups is 2. The molecule has 0 saturated carbocycles. The van der Waals surface area contributed by atoms with E-state index in [1.807, 2.05) is 59.3 Å². The van der Waals surface area contributed by atoms with Crippen LogP contribution in [0.3, 0.4) is 0 Å². The molecule has 0 saturated heterocycles. The first kappa shape index (κ1) is 11.1. The Morgan fingerprint density at radius 3 is 2.75 bits per heavy atom. The summed E-state index contributed by atoms with van der Waals surface area (Å²) in [6.45, 7) is 0.412. The van der Waals surface area contributed by atoms with Gasteiger partial charge in [0, 0.05) is 28.8 Å². The largest absolute Gasteiger partial charge is 0.431 e. The fraction of sp³-hybridized carbons (Fsp3) is 0.0625. The molecule has 4 heteroatoms. The topological polar surface area (TPSA) is 37.5 Å². The van der Waals surface area contributed by atoms with Crippen molar-refractivity contribution in [1.29, 1.82) is 0 Å². The predicted molar refractivity (Wildman–Crippen MR) is 75.7 cm³/mol. The van der Waals surface area contributed by atoms with Crippen LogP contribution >= 0.6 is 0 Å². The maximum absolute atomic E-state index is 5.79. The average Bonchev–Trinajstić information content (AvgIpc) is 2.55. The van der Waals surface area contributed by atoms with E-state index in [2.05, 4.69) is 10.1 Å². The fourth-order valence-corrected chi connectivity index (χ4v) is 2.34. The van der Waals surface area contributed by atoms with Gasteiger partial charge in [0.2, 0.25) is 5.69 Å². The van der Waals surface area contributed by atoms with Crippen molar-refractivity contribution in [2.75, 3.05) is 6.73 Å². The summed E-state index contributed by atoms with van der Waals surface area (Å²) in [6.07, 6.45) is 1.78. The summed E-state index contributed by atoms with van der Waals surface area (Å²) < 4.78 is 7.63. The highest BCUT2D eigenvalue weighted by Crippen LogP contribution is 2.37. The molecule has 3 aromatic rings. The second kappa shape index (κ2) is 4.42. The van der Waals surface area contributed by atoms with Crippen LogP contribution in [0, 0.1) is 0 Å². The minimum atomic E-state index is 0.412. The lowest BCUT2D eigenvalue weighted by Gasteiger charge is -2.12.